The lowest BCUT2D eigenvalue weighted by molar-refractivity contribution is 0.280. The van der Waals surface area contributed by atoms with Gasteiger partial charge in [0.15, 0.2) is 0 Å². The van der Waals surface area contributed by atoms with Crippen molar-refractivity contribution in [1.29, 1.82) is 0 Å². The molecule has 16 heavy (non-hydrogen) atoms. The molecule has 1 aliphatic carbocycles. The van der Waals surface area contributed by atoms with Gasteiger partial charge in [-0.15, -0.1) is 0 Å². The van der Waals surface area contributed by atoms with Gasteiger partial charge in [0.05, 0.1) is 0 Å². The maximum Gasteiger partial charge on any atom is 0.147 e. The Kier molecular flexibility index (Phi) is 5.76. The Morgan fingerprint density at radius 2 is 1.88 bits per heavy atom. The molecule has 0 amide bonds. The molecule has 0 aromatic carbocycles. The molecule has 1 fully saturated rings. The standard InChI is InChI=1S/C12H25NO2S/c1-11-7-3-4-8-12(11)13-9-5-6-10-16(2,14)15/h11-13H,3-10H2,1-2H3/t11-,12-/m0/s1. The lowest BCUT2D eigenvalue weighted by Crippen LogP contribution is -2.37. The predicted molar refractivity (Wildman–Crippen MR) is 68.4 cm³/mol. The van der Waals surface area contributed by atoms with Crippen molar-refractivity contribution in [2.75, 3.05) is 18.6 Å². The zero-order valence-corrected chi connectivity index (χ0v) is 11.4. The highest BCUT2D eigenvalue weighted by molar-refractivity contribution is 7.90. The van der Waals surface area contributed by atoms with Crippen LogP contribution in [0.1, 0.15) is 45.4 Å². The van der Waals surface area contributed by atoms with E-state index in [2.05, 4.69) is 12.2 Å². The normalized spacial score (nSPS) is 26.9. The molecule has 0 unspecified atom stereocenters. The summed E-state index contributed by atoms with van der Waals surface area (Å²) in [5.74, 6) is 1.11. The van der Waals surface area contributed by atoms with Crippen molar-refractivity contribution in [3.63, 3.8) is 0 Å². The van der Waals surface area contributed by atoms with E-state index in [1.165, 1.54) is 31.9 Å². The van der Waals surface area contributed by atoms with Crippen molar-refractivity contribution in [2.24, 2.45) is 5.92 Å². The average Bonchev–Trinajstić information content (AvgIpc) is 2.18. The third-order valence-electron chi connectivity index (χ3n) is 3.46. The van der Waals surface area contributed by atoms with E-state index in [-0.39, 0.29) is 0 Å². The van der Waals surface area contributed by atoms with Crippen LogP contribution < -0.4 is 5.32 Å². The SMILES string of the molecule is C[C@H]1CCCC[C@@H]1NCCCCS(C)(=O)=O. The Bertz CT molecular complexity index is 287. The van der Waals surface area contributed by atoms with Gasteiger partial charge < -0.3 is 5.32 Å². The first-order chi connectivity index (χ1) is 7.49. The molecule has 0 radical (unpaired) electrons. The number of unbranched alkanes of at least 4 members (excludes halogenated alkanes) is 1. The smallest absolute Gasteiger partial charge is 0.147 e. The number of sulfone groups is 1. The summed E-state index contributed by atoms with van der Waals surface area (Å²) >= 11 is 0. The third-order valence-corrected chi connectivity index (χ3v) is 4.49. The minimum atomic E-state index is -2.77. The van der Waals surface area contributed by atoms with Crippen LogP contribution in [-0.2, 0) is 9.84 Å². The summed E-state index contributed by atoms with van der Waals surface area (Å²) in [6, 6.07) is 0.659. The van der Waals surface area contributed by atoms with Crippen molar-refractivity contribution in [3.05, 3.63) is 0 Å². The van der Waals surface area contributed by atoms with Crippen molar-refractivity contribution in [3.8, 4) is 0 Å². The van der Waals surface area contributed by atoms with Gasteiger partial charge in [0.25, 0.3) is 0 Å². The van der Waals surface area contributed by atoms with Gasteiger partial charge >= 0.3 is 0 Å². The fraction of sp³-hybridized carbons (Fsp3) is 1.00. The molecule has 0 bridgehead atoms. The molecule has 0 aliphatic heterocycles. The van der Waals surface area contributed by atoms with Crippen LogP contribution in [0.3, 0.4) is 0 Å². The van der Waals surface area contributed by atoms with E-state index < -0.39 is 9.84 Å². The molecule has 3 nitrogen and oxygen atoms in total. The Morgan fingerprint density at radius 1 is 1.19 bits per heavy atom. The molecule has 0 aromatic rings. The van der Waals surface area contributed by atoms with Gasteiger partial charge in [-0.05, 0) is 38.1 Å². The molecule has 1 aliphatic rings. The minimum absolute atomic E-state index is 0.328. The molecular weight excluding hydrogens is 222 g/mol. The lowest BCUT2D eigenvalue weighted by atomic mass is 9.86. The number of hydrogen-bond donors (Lipinski definition) is 1. The second-order valence-corrected chi connectivity index (χ2v) is 7.42. The van der Waals surface area contributed by atoms with E-state index in [1.54, 1.807) is 0 Å². The van der Waals surface area contributed by atoms with Crippen LogP contribution in [0.4, 0.5) is 0 Å². The van der Waals surface area contributed by atoms with E-state index in [1.807, 2.05) is 0 Å². The van der Waals surface area contributed by atoms with Crippen LogP contribution >= 0.6 is 0 Å². The summed E-state index contributed by atoms with van der Waals surface area (Å²) in [5.41, 5.74) is 0. The summed E-state index contributed by atoms with van der Waals surface area (Å²) in [4.78, 5) is 0. The highest BCUT2D eigenvalue weighted by atomic mass is 32.2. The molecule has 1 N–H and O–H groups in total. The van der Waals surface area contributed by atoms with E-state index in [4.69, 9.17) is 0 Å². The van der Waals surface area contributed by atoms with Crippen molar-refractivity contribution in [2.45, 2.75) is 51.5 Å². The molecule has 2 atom stereocenters. The van der Waals surface area contributed by atoms with Gasteiger partial charge in [0.1, 0.15) is 9.84 Å². The Hall–Kier alpha value is -0.0900. The molecule has 0 heterocycles. The molecule has 0 saturated heterocycles. The number of nitrogens with one attached hydrogen (secondary N) is 1. The summed E-state index contributed by atoms with van der Waals surface area (Å²) in [7, 11) is -2.77. The van der Waals surface area contributed by atoms with Gasteiger partial charge in [-0.25, -0.2) is 8.42 Å². The first-order valence-electron chi connectivity index (χ1n) is 6.40. The molecule has 96 valence electrons. The molecule has 1 saturated carbocycles. The van der Waals surface area contributed by atoms with E-state index >= 15 is 0 Å². The minimum Gasteiger partial charge on any atom is -0.314 e. The third kappa shape index (κ3) is 5.85. The summed E-state index contributed by atoms with van der Waals surface area (Å²) < 4.78 is 21.9. The van der Waals surface area contributed by atoms with Crippen LogP contribution in [-0.4, -0.2) is 33.0 Å². The molecule has 0 spiro atoms. The number of hydrogen-bond acceptors (Lipinski definition) is 3. The Morgan fingerprint density at radius 3 is 2.50 bits per heavy atom. The molecule has 1 rings (SSSR count). The fourth-order valence-electron chi connectivity index (χ4n) is 2.40. The molecule has 0 aromatic heterocycles. The summed E-state index contributed by atoms with van der Waals surface area (Å²) in [6.07, 6.45) is 8.39. The Balaban J connectivity index is 2.06. The van der Waals surface area contributed by atoms with Gasteiger partial charge in [0.2, 0.25) is 0 Å². The van der Waals surface area contributed by atoms with Crippen LogP contribution in [0.25, 0.3) is 0 Å². The Labute approximate surface area is 99.9 Å². The first-order valence-corrected chi connectivity index (χ1v) is 8.46. The van der Waals surface area contributed by atoms with Crippen molar-refractivity contribution >= 4 is 9.84 Å². The summed E-state index contributed by atoms with van der Waals surface area (Å²) in [5, 5.41) is 3.56. The zero-order valence-electron chi connectivity index (χ0n) is 10.5. The topological polar surface area (TPSA) is 46.2 Å². The van der Waals surface area contributed by atoms with Crippen LogP contribution in [0.15, 0.2) is 0 Å². The maximum absolute atomic E-state index is 10.9. The average molecular weight is 247 g/mol. The molecule has 4 heteroatoms. The predicted octanol–water partition coefficient (Wildman–Crippen LogP) is 1.98. The lowest BCUT2D eigenvalue weighted by Gasteiger charge is -2.29. The molecular formula is C12H25NO2S. The fourth-order valence-corrected chi connectivity index (χ4v) is 3.12. The van der Waals surface area contributed by atoms with Gasteiger partial charge in [-0.1, -0.05) is 19.8 Å². The van der Waals surface area contributed by atoms with Crippen molar-refractivity contribution in [1.82, 2.24) is 5.32 Å². The van der Waals surface area contributed by atoms with Gasteiger partial charge in [-0.3, -0.25) is 0 Å². The van der Waals surface area contributed by atoms with Crippen LogP contribution in [0.2, 0.25) is 0 Å². The maximum atomic E-state index is 10.9. The van der Waals surface area contributed by atoms with Crippen molar-refractivity contribution < 1.29 is 8.42 Å². The highest BCUT2D eigenvalue weighted by Gasteiger charge is 2.19. The highest BCUT2D eigenvalue weighted by Crippen LogP contribution is 2.23. The number of rotatable bonds is 6. The largest absolute Gasteiger partial charge is 0.314 e. The first kappa shape index (κ1) is 14.0. The van der Waals surface area contributed by atoms with E-state index in [9.17, 15) is 8.42 Å². The monoisotopic (exact) mass is 247 g/mol. The quantitative estimate of drug-likeness (QED) is 0.730. The second-order valence-electron chi connectivity index (χ2n) is 5.16. The summed E-state index contributed by atoms with van der Waals surface area (Å²) in [6.45, 7) is 3.28. The van der Waals surface area contributed by atoms with Crippen LogP contribution in [0, 0.1) is 5.92 Å². The second kappa shape index (κ2) is 6.60. The van der Waals surface area contributed by atoms with E-state index in [0.29, 0.717) is 11.8 Å². The van der Waals surface area contributed by atoms with Crippen LogP contribution in [0.5, 0.6) is 0 Å². The van der Waals surface area contributed by atoms with E-state index in [0.717, 1.165) is 25.3 Å². The van der Waals surface area contributed by atoms with Gasteiger partial charge in [0, 0.05) is 18.1 Å². The van der Waals surface area contributed by atoms with Gasteiger partial charge in [-0.2, -0.15) is 0 Å². The zero-order chi connectivity index (χ0) is 12.0.